The minimum Gasteiger partial charge on any atom is -0.308 e. The zero-order valence-electron chi connectivity index (χ0n) is 29.5. The summed E-state index contributed by atoms with van der Waals surface area (Å²) in [7, 11) is 0. The van der Waals surface area contributed by atoms with Crippen molar-refractivity contribution in [3.05, 3.63) is 182 Å². The molecular formula is C50H30N4S. The number of nitrogens with zero attached hydrogens (tertiary/aromatic N) is 4. The Morgan fingerprint density at radius 1 is 0.400 bits per heavy atom. The Bertz CT molecular complexity index is 3480. The molecule has 0 fully saturated rings. The van der Waals surface area contributed by atoms with E-state index in [1.54, 1.807) is 0 Å². The first kappa shape index (κ1) is 30.4. The first-order valence-corrected chi connectivity index (χ1v) is 19.4. The van der Waals surface area contributed by atoms with E-state index in [-0.39, 0.29) is 0 Å². The van der Waals surface area contributed by atoms with Crippen LogP contribution in [0, 0.1) is 0 Å². The number of fused-ring (bicyclic) bond motifs is 13. The quantitative estimate of drug-likeness (QED) is 0.182. The van der Waals surface area contributed by atoms with Crippen molar-refractivity contribution in [1.29, 1.82) is 0 Å². The number of thiophene rings is 1. The van der Waals surface area contributed by atoms with Gasteiger partial charge in [-0.15, -0.1) is 11.3 Å². The van der Waals surface area contributed by atoms with Gasteiger partial charge in [0.15, 0.2) is 5.82 Å². The van der Waals surface area contributed by atoms with Crippen LogP contribution in [0.1, 0.15) is 0 Å². The predicted octanol–water partition coefficient (Wildman–Crippen LogP) is 13.5. The van der Waals surface area contributed by atoms with Crippen LogP contribution in [0.15, 0.2) is 182 Å². The highest BCUT2D eigenvalue weighted by molar-refractivity contribution is 7.27. The Kier molecular flexibility index (Phi) is 6.47. The van der Waals surface area contributed by atoms with Crippen LogP contribution < -0.4 is 0 Å². The van der Waals surface area contributed by atoms with Gasteiger partial charge in [0.05, 0.1) is 33.3 Å². The molecule has 55 heavy (non-hydrogen) atoms. The Morgan fingerprint density at radius 3 is 1.71 bits per heavy atom. The van der Waals surface area contributed by atoms with E-state index >= 15 is 0 Å². The summed E-state index contributed by atoms with van der Waals surface area (Å²) in [6.07, 6.45) is 0. The predicted molar refractivity (Wildman–Crippen MR) is 232 cm³/mol. The molecule has 0 radical (unpaired) electrons. The molecule has 4 aromatic heterocycles. The SMILES string of the molecule is c1ccc(-c2nc(-c3cccc(-n4c5ccccc5c5c6c(c7ccccc7n6-c6ccccc6)c6sc7ccccc7c6c54)c3)nc3ccccc23)cc1. The summed E-state index contributed by atoms with van der Waals surface area (Å²) >= 11 is 1.90. The van der Waals surface area contributed by atoms with Gasteiger partial charge in [0.2, 0.25) is 0 Å². The molecule has 4 heterocycles. The van der Waals surface area contributed by atoms with Gasteiger partial charge in [-0.3, -0.25) is 0 Å². The molecule has 0 spiro atoms. The van der Waals surface area contributed by atoms with E-state index in [9.17, 15) is 0 Å². The van der Waals surface area contributed by atoms with Crippen molar-refractivity contribution in [2.45, 2.75) is 0 Å². The van der Waals surface area contributed by atoms with Gasteiger partial charge in [-0.2, -0.15) is 0 Å². The lowest BCUT2D eigenvalue weighted by Crippen LogP contribution is -1.98. The maximum atomic E-state index is 5.26. The van der Waals surface area contributed by atoms with E-state index in [1.165, 1.54) is 58.3 Å². The van der Waals surface area contributed by atoms with Gasteiger partial charge in [-0.25, -0.2) is 9.97 Å². The second kappa shape index (κ2) is 11.7. The third-order valence-electron chi connectivity index (χ3n) is 11.1. The fourth-order valence-corrected chi connectivity index (χ4v) is 10.1. The van der Waals surface area contributed by atoms with Crippen molar-refractivity contribution in [2.75, 3.05) is 0 Å². The molecule has 5 heteroatoms. The summed E-state index contributed by atoms with van der Waals surface area (Å²) in [6.45, 7) is 0. The van der Waals surface area contributed by atoms with E-state index in [0.717, 1.165) is 44.6 Å². The number of hydrogen-bond donors (Lipinski definition) is 0. The monoisotopic (exact) mass is 718 g/mol. The number of rotatable bonds is 4. The molecule has 0 aliphatic carbocycles. The average molecular weight is 719 g/mol. The number of hydrogen-bond acceptors (Lipinski definition) is 3. The highest BCUT2D eigenvalue weighted by Crippen LogP contribution is 2.51. The van der Waals surface area contributed by atoms with Gasteiger partial charge in [0, 0.05) is 69.6 Å². The second-order valence-electron chi connectivity index (χ2n) is 14.1. The number of para-hydroxylation sites is 4. The van der Waals surface area contributed by atoms with Crippen LogP contribution in [0.4, 0.5) is 0 Å². The average Bonchev–Trinajstić information content (AvgIpc) is 3.92. The summed E-state index contributed by atoms with van der Waals surface area (Å²) in [5.74, 6) is 0.706. The first-order valence-electron chi connectivity index (χ1n) is 18.6. The lowest BCUT2D eigenvalue weighted by atomic mass is 10.0. The molecule has 0 amide bonds. The van der Waals surface area contributed by atoms with Gasteiger partial charge >= 0.3 is 0 Å². The molecule has 4 nitrogen and oxygen atoms in total. The van der Waals surface area contributed by atoms with Crippen LogP contribution in [0.25, 0.3) is 109 Å². The van der Waals surface area contributed by atoms with Gasteiger partial charge < -0.3 is 9.13 Å². The lowest BCUT2D eigenvalue weighted by Gasteiger charge is -2.13. The molecule has 0 unspecified atom stereocenters. The molecule has 0 aliphatic rings. The van der Waals surface area contributed by atoms with Crippen LogP contribution in [0.3, 0.4) is 0 Å². The molecule has 0 aliphatic heterocycles. The van der Waals surface area contributed by atoms with Crippen LogP contribution in [0.5, 0.6) is 0 Å². The highest BCUT2D eigenvalue weighted by atomic mass is 32.1. The van der Waals surface area contributed by atoms with Crippen LogP contribution >= 0.6 is 11.3 Å². The van der Waals surface area contributed by atoms with Crippen molar-refractivity contribution in [2.24, 2.45) is 0 Å². The van der Waals surface area contributed by atoms with Gasteiger partial charge in [0.25, 0.3) is 0 Å². The Hall–Kier alpha value is -7.08. The van der Waals surface area contributed by atoms with E-state index in [1.807, 2.05) is 23.5 Å². The maximum Gasteiger partial charge on any atom is 0.160 e. The molecule has 0 saturated carbocycles. The summed E-state index contributed by atoms with van der Waals surface area (Å²) in [5, 5.41) is 8.64. The minimum absolute atomic E-state index is 0.706. The molecule has 0 saturated heterocycles. The van der Waals surface area contributed by atoms with Crippen molar-refractivity contribution in [3.8, 4) is 34.0 Å². The molecule has 12 aromatic rings. The molecular weight excluding hydrogens is 689 g/mol. The Balaban J connectivity index is 1.24. The van der Waals surface area contributed by atoms with E-state index in [0.29, 0.717) is 5.82 Å². The zero-order valence-corrected chi connectivity index (χ0v) is 30.3. The van der Waals surface area contributed by atoms with Gasteiger partial charge in [-0.05, 0) is 48.5 Å². The van der Waals surface area contributed by atoms with Crippen LogP contribution in [0.2, 0.25) is 0 Å². The topological polar surface area (TPSA) is 35.6 Å². The highest BCUT2D eigenvalue weighted by Gasteiger charge is 2.26. The summed E-state index contributed by atoms with van der Waals surface area (Å²) in [4.78, 5) is 10.4. The Labute approximate surface area is 319 Å². The summed E-state index contributed by atoms with van der Waals surface area (Å²) < 4.78 is 7.56. The minimum atomic E-state index is 0.706. The number of benzene rings is 8. The van der Waals surface area contributed by atoms with Crippen molar-refractivity contribution >= 4 is 86.0 Å². The smallest absolute Gasteiger partial charge is 0.160 e. The van der Waals surface area contributed by atoms with E-state index < -0.39 is 0 Å². The second-order valence-corrected chi connectivity index (χ2v) is 15.2. The van der Waals surface area contributed by atoms with E-state index in [2.05, 4.69) is 179 Å². The van der Waals surface area contributed by atoms with Crippen molar-refractivity contribution in [3.63, 3.8) is 0 Å². The lowest BCUT2D eigenvalue weighted by molar-refractivity contribution is 1.17. The Morgan fingerprint density at radius 2 is 0.945 bits per heavy atom. The summed E-state index contributed by atoms with van der Waals surface area (Å²) in [5.41, 5.74) is 10.9. The summed E-state index contributed by atoms with van der Waals surface area (Å²) in [6, 6.07) is 65.0. The third kappa shape index (κ3) is 4.39. The van der Waals surface area contributed by atoms with Gasteiger partial charge in [-0.1, -0.05) is 133 Å². The third-order valence-corrected chi connectivity index (χ3v) is 12.3. The molecule has 256 valence electrons. The fraction of sp³-hybridized carbons (Fsp3) is 0. The molecule has 12 rings (SSSR count). The normalized spacial score (nSPS) is 12.0. The van der Waals surface area contributed by atoms with Crippen molar-refractivity contribution < 1.29 is 0 Å². The van der Waals surface area contributed by atoms with E-state index in [4.69, 9.17) is 9.97 Å². The van der Waals surface area contributed by atoms with Crippen LogP contribution in [-0.4, -0.2) is 19.1 Å². The standard InChI is InChI=1S/C50H30N4S/c1-3-16-31(17-4-1)46-35-22-7-11-26-39(35)51-50(52-46)32-18-15-21-34(30-32)54-40-27-12-8-23-36(40)43-47-44(49-45(48(43)54)38-25-10-14-29-42(38)55-49)37-24-9-13-28-41(37)53(47)33-19-5-2-6-20-33/h1-30H. The molecule has 8 aromatic carbocycles. The first-order chi connectivity index (χ1) is 27.3. The zero-order chi connectivity index (χ0) is 36.0. The molecule has 0 bridgehead atoms. The fourth-order valence-electron chi connectivity index (χ4n) is 8.80. The molecule has 0 N–H and O–H groups in total. The number of aromatic nitrogens is 4. The van der Waals surface area contributed by atoms with Crippen LogP contribution in [-0.2, 0) is 0 Å². The largest absolute Gasteiger partial charge is 0.308 e. The molecule has 0 atom stereocenters. The van der Waals surface area contributed by atoms with Crippen molar-refractivity contribution in [1.82, 2.24) is 19.1 Å². The maximum absolute atomic E-state index is 5.26. The van der Waals surface area contributed by atoms with Gasteiger partial charge in [0.1, 0.15) is 0 Å².